The normalized spacial score (nSPS) is 14.7. The summed E-state index contributed by atoms with van der Waals surface area (Å²) in [6.45, 7) is 6.78. The SMILES string of the molecule is Cc1nc(-c2nnn(C)c2COC(=O)N(C)CC(C)C)ccc1OC1CCCCC1. The summed E-state index contributed by atoms with van der Waals surface area (Å²) in [7, 11) is 3.52. The topological polar surface area (TPSA) is 82.4 Å². The van der Waals surface area contributed by atoms with E-state index < -0.39 is 0 Å². The number of pyridine rings is 1. The molecule has 0 N–H and O–H groups in total. The second-order valence-electron chi connectivity index (χ2n) is 8.50. The maximum Gasteiger partial charge on any atom is 0.409 e. The minimum Gasteiger partial charge on any atom is -0.489 e. The molecule has 30 heavy (non-hydrogen) atoms. The van der Waals surface area contributed by atoms with E-state index in [-0.39, 0.29) is 18.8 Å². The van der Waals surface area contributed by atoms with Crippen LogP contribution in [0.5, 0.6) is 5.75 Å². The van der Waals surface area contributed by atoms with Crippen LogP contribution in [0.15, 0.2) is 12.1 Å². The van der Waals surface area contributed by atoms with Gasteiger partial charge in [0, 0.05) is 20.6 Å². The smallest absolute Gasteiger partial charge is 0.409 e. The Bertz CT molecular complexity index is 858. The molecule has 1 aliphatic carbocycles. The molecule has 8 heteroatoms. The molecule has 0 saturated heterocycles. The number of hydrogen-bond acceptors (Lipinski definition) is 6. The predicted molar refractivity (Wildman–Crippen MR) is 114 cm³/mol. The fourth-order valence-corrected chi connectivity index (χ4v) is 3.77. The van der Waals surface area contributed by atoms with Gasteiger partial charge in [-0.1, -0.05) is 25.5 Å². The van der Waals surface area contributed by atoms with Crippen molar-refractivity contribution in [2.75, 3.05) is 13.6 Å². The average molecular weight is 416 g/mol. The molecule has 0 atom stereocenters. The molecule has 0 bridgehead atoms. The molecule has 0 radical (unpaired) electrons. The van der Waals surface area contributed by atoms with E-state index in [1.807, 2.05) is 19.1 Å². The third-order valence-electron chi connectivity index (χ3n) is 5.35. The molecule has 1 fully saturated rings. The van der Waals surface area contributed by atoms with Gasteiger partial charge in [-0.25, -0.2) is 14.5 Å². The lowest BCUT2D eigenvalue weighted by molar-refractivity contribution is 0.0990. The number of carbonyl (C=O) groups excluding carboxylic acids is 1. The number of aryl methyl sites for hydroxylation is 2. The van der Waals surface area contributed by atoms with Crippen molar-refractivity contribution >= 4 is 6.09 Å². The van der Waals surface area contributed by atoms with Crippen molar-refractivity contribution in [1.29, 1.82) is 0 Å². The number of aromatic nitrogens is 4. The molecule has 8 nitrogen and oxygen atoms in total. The van der Waals surface area contributed by atoms with Crippen molar-refractivity contribution in [2.24, 2.45) is 13.0 Å². The quantitative estimate of drug-likeness (QED) is 0.676. The van der Waals surface area contributed by atoms with Crippen LogP contribution in [0.25, 0.3) is 11.4 Å². The van der Waals surface area contributed by atoms with Crippen molar-refractivity contribution < 1.29 is 14.3 Å². The van der Waals surface area contributed by atoms with E-state index in [2.05, 4.69) is 24.2 Å². The van der Waals surface area contributed by atoms with Crippen LogP contribution < -0.4 is 4.74 Å². The summed E-state index contributed by atoms with van der Waals surface area (Å²) in [6, 6.07) is 3.85. The Labute approximate surface area is 178 Å². The lowest BCUT2D eigenvalue weighted by Crippen LogP contribution is -2.31. The first-order valence-electron chi connectivity index (χ1n) is 10.8. The molecule has 164 valence electrons. The van der Waals surface area contributed by atoms with Gasteiger partial charge in [-0.05, 0) is 50.7 Å². The highest BCUT2D eigenvalue weighted by atomic mass is 16.6. The van der Waals surface area contributed by atoms with Gasteiger partial charge in [0.25, 0.3) is 0 Å². The Morgan fingerprint density at radius 2 is 2.00 bits per heavy atom. The van der Waals surface area contributed by atoms with Gasteiger partial charge in [-0.2, -0.15) is 0 Å². The van der Waals surface area contributed by atoms with Gasteiger partial charge in [-0.15, -0.1) is 5.10 Å². The van der Waals surface area contributed by atoms with Crippen LogP contribution in [-0.4, -0.2) is 50.7 Å². The van der Waals surface area contributed by atoms with Gasteiger partial charge in [-0.3, -0.25) is 0 Å². The maximum absolute atomic E-state index is 12.2. The van der Waals surface area contributed by atoms with Gasteiger partial charge >= 0.3 is 6.09 Å². The highest BCUT2D eigenvalue weighted by Crippen LogP contribution is 2.28. The fourth-order valence-electron chi connectivity index (χ4n) is 3.77. The zero-order valence-corrected chi connectivity index (χ0v) is 18.7. The lowest BCUT2D eigenvalue weighted by Gasteiger charge is -2.23. The predicted octanol–water partition coefficient (Wildman–Crippen LogP) is 4.12. The Morgan fingerprint density at radius 3 is 2.67 bits per heavy atom. The Balaban J connectivity index is 1.70. The first-order chi connectivity index (χ1) is 14.3. The van der Waals surface area contributed by atoms with Crippen molar-refractivity contribution in [3.8, 4) is 17.1 Å². The molecule has 1 amide bonds. The second kappa shape index (κ2) is 9.91. The van der Waals surface area contributed by atoms with Crippen LogP contribution in [0.3, 0.4) is 0 Å². The van der Waals surface area contributed by atoms with Gasteiger partial charge in [0.05, 0.1) is 17.5 Å². The first-order valence-corrected chi connectivity index (χ1v) is 10.8. The standard InChI is InChI=1S/C22H33N5O3/c1-15(2)13-26(4)22(28)29-14-19-21(24-25-27(19)5)18-11-12-20(16(3)23-18)30-17-9-7-6-8-10-17/h11-12,15,17H,6-10,13-14H2,1-5H3. The zero-order chi connectivity index (χ0) is 21.7. The molecule has 0 aliphatic heterocycles. The fraction of sp³-hybridized carbons (Fsp3) is 0.636. The van der Waals surface area contributed by atoms with Crippen molar-refractivity contribution in [3.63, 3.8) is 0 Å². The van der Waals surface area contributed by atoms with Gasteiger partial charge in [0.1, 0.15) is 23.7 Å². The Morgan fingerprint density at radius 1 is 1.27 bits per heavy atom. The zero-order valence-electron chi connectivity index (χ0n) is 18.7. The minimum absolute atomic E-state index is 0.0845. The highest BCUT2D eigenvalue weighted by Gasteiger charge is 2.20. The van der Waals surface area contributed by atoms with Gasteiger partial charge in [0.15, 0.2) is 0 Å². The molecule has 1 saturated carbocycles. The van der Waals surface area contributed by atoms with Gasteiger partial charge in [0.2, 0.25) is 0 Å². The lowest BCUT2D eigenvalue weighted by atomic mass is 9.98. The number of rotatable bonds is 7. The molecule has 0 spiro atoms. The van der Waals surface area contributed by atoms with Crippen molar-refractivity contribution in [1.82, 2.24) is 24.9 Å². The Kier molecular flexibility index (Phi) is 7.29. The third-order valence-corrected chi connectivity index (χ3v) is 5.35. The summed E-state index contributed by atoms with van der Waals surface area (Å²) in [5.74, 6) is 1.19. The number of nitrogens with zero attached hydrogens (tertiary/aromatic N) is 5. The van der Waals surface area contributed by atoms with E-state index in [1.165, 1.54) is 19.3 Å². The van der Waals surface area contributed by atoms with Crippen LogP contribution in [0.2, 0.25) is 0 Å². The van der Waals surface area contributed by atoms with E-state index in [9.17, 15) is 4.79 Å². The molecule has 3 rings (SSSR count). The summed E-state index contributed by atoms with van der Waals surface area (Å²) in [4.78, 5) is 18.5. The molecule has 1 aliphatic rings. The largest absolute Gasteiger partial charge is 0.489 e. The van der Waals surface area contributed by atoms with Crippen molar-refractivity contribution in [2.45, 2.75) is 65.6 Å². The molecular weight excluding hydrogens is 382 g/mol. The summed E-state index contributed by atoms with van der Waals surface area (Å²) < 4.78 is 13.3. The second-order valence-corrected chi connectivity index (χ2v) is 8.50. The highest BCUT2D eigenvalue weighted by molar-refractivity contribution is 5.67. The van der Waals surface area contributed by atoms with Crippen LogP contribution in [-0.2, 0) is 18.4 Å². The molecule has 0 aromatic carbocycles. The molecule has 0 unspecified atom stereocenters. The van der Waals surface area contributed by atoms with E-state index >= 15 is 0 Å². The first kappa shape index (κ1) is 22.1. The van der Waals surface area contributed by atoms with E-state index in [0.717, 1.165) is 24.3 Å². The Hall–Kier alpha value is -2.64. The monoisotopic (exact) mass is 415 g/mol. The molecule has 2 aromatic rings. The minimum atomic E-state index is -0.365. The summed E-state index contributed by atoms with van der Waals surface area (Å²) in [5, 5.41) is 8.35. The molecule has 2 heterocycles. The van der Waals surface area contributed by atoms with E-state index in [1.54, 1.807) is 23.7 Å². The maximum atomic E-state index is 12.2. The summed E-state index contributed by atoms with van der Waals surface area (Å²) >= 11 is 0. The summed E-state index contributed by atoms with van der Waals surface area (Å²) in [5.41, 5.74) is 2.83. The number of carbonyl (C=O) groups is 1. The van der Waals surface area contributed by atoms with Crippen LogP contribution in [0, 0.1) is 12.8 Å². The molecular formula is C22H33N5O3. The van der Waals surface area contributed by atoms with Crippen LogP contribution in [0.4, 0.5) is 4.79 Å². The van der Waals surface area contributed by atoms with Gasteiger partial charge < -0.3 is 14.4 Å². The number of ether oxygens (including phenoxy) is 2. The average Bonchev–Trinajstić information content (AvgIpc) is 3.08. The number of hydrogen-bond donors (Lipinski definition) is 0. The summed E-state index contributed by atoms with van der Waals surface area (Å²) in [6.07, 6.45) is 5.87. The van der Waals surface area contributed by atoms with E-state index in [4.69, 9.17) is 14.5 Å². The molecule has 2 aromatic heterocycles. The van der Waals surface area contributed by atoms with Crippen LogP contribution in [0.1, 0.15) is 57.3 Å². The van der Waals surface area contributed by atoms with Crippen molar-refractivity contribution in [3.05, 3.63) is 23.5 Å². The van der Waals surface area contributed by atoms with E-state index in [0.29, 0.717) is 29.5 Å². The van der Waals surface area contributed by atoms with Crippen LogP contribution >= 0.6 is 0 Å². The number of amides is 1. The third kappa shape index (κ3) is 5.49.